The second kappa shape index (κ2) is 7.63. The summed E-state index contributed by atoms with van der Waals surface area (Å²) in [6.07, 6.45) is -2.60. The lowest BCUT2D eigenvalue weighted by Gasteiger charge is -2.08. The van der Waals surface area contributed by atoms with Gasteiger partial charge in [0.25, 0.3) is 0 Å². The first kappa shape index (κ1) is 19.3. The summed E-state index contributed by atoms with van der Waals surface area (Å²) in [5.41, 5.74) is -0.0660. The van der Waals surface area contributed by atoms with E-state index < -0.39 is 24.3 Å². The Morgan fingerprint density at radius 2 is 1.79 bits per heavy atom. The van der Waals surface area contributed by atoms with Crippen LogP contribution in [0.1, 0.15) is 32.0 Å². The van der Waals surface area contributed by atoms with E-state index in [2.05, 4.69) is 10.1 Å². The first-order valence-corrected chi connectivity index (χ1v) is 8.11. The standard InChI is InChI=1S/C19H14F3N3O3/c1-12-15(18(27)28-11-16(26)13-5-3-2-4-6-13)10-24-25(12)17-8-7-14(9-23-17)19(20,21)22/h2-10H,11H2,1H3. The van der Waals surface area contributed by atoms with Crippen LogP contribution < -0.4 is 0 Å². The maximum absolute atomic E-state index is 12.6. The molecule has 28 heavy (non-hydrogen) atoms. The van der Waals surface area contributed by atoms with Crippen LogP contribution in [0.15, 0.2) is 54.9 Å². The fraction of sp³-hybridized carbons (Fsp3) is 0.158. The number of carbonyl (C=O) groups is 2. The van der Waals surface area contributed by atoms with Gasteiger partial charge in [-0.15, -0.1) is 0 Å². The average Bonchev–Trinajstić information content (AvgIpc) is 3.07. The lowest BCUT2D eigenvalue weighted by molar-refractivity contribution is -0.137. The molecule has 0 radical (unpaired) electrons. The van der Waals surface area contributed by atoms with Gasteiger partial charge in [-0.05, 0) is 19.1 Å². The third-order valence-electron chi connectivity index (χ3n) is 3.95. The van der Waals surface area contributed by atoms with Crippen molar-refractivity contribution in [2.75, 3.05) is 6.61 Å². The Balaban J connectivity index is 1.72. The summed E-state index contributed by atoms with van der Waals surface area (Å²) in [4.78, 5) is 28.0. The Bertz CT molecular complexity index is 997. The number of ether oxygens (including phenoxy) is 1. The van der Waals surface area contributed by atoms with Gasteiger partial charge in [0.05, 0.1) is 17.5 Å². The lowest BCUT2D eigenvalue weighted by atomic mass is 10.1. The van der Waals surface area contributed by atoms with Crippen molar-refractivity contribution in [3.63, 3.8) is 0 Å². The number of pyridine rings is 1. The topological polar surface area (TPSA) is 74.1 Å². The second-order valence-corrected chi connectivity index (χ2v) is 5.82. The first-order valence-electron chi connectivity index (χ1n) is 8.11. The molecule has 9 heteroatoms. The minimum Gasteiger partial charge on any atom is -0.454 e. The quantitative estimate of drug-likeness (QED) is 0.492. The Morgan fingerprint density at radius 3 is 2.39 bits per heavy atom. The zero-order valence-corrected chi connectivity index (χ0v) is 14.6. The molecule has 0 N–H and O–H groups in total. The Morgan fingerprint density at radius 1 is 1.07 bits per heavy atom. The van der Waals surface area contributed by atoms with Crippen LogP contribution in [0.2, 0.25) is 0 Å². The smallest absolute Gasteiger partial charge is 0.417 e. The average molecular weight is 389 g/mol. The molecule has 0 aliphatic rings. The number of esters is 1. The third-order valence-corrected chi connectivity index (χ3v) is 3.95. The molecule has 0 unspecified atom stereocenters. The number of hydrogen-bond acceptors (Lipinski definition) is 5. The van der Waals surface area contributed by atoms with E-state index in [4.69, 9.17) is 4.74 Å². The number of hydrogen-bond donors (Lipinski definition) is 0. The molecule has 3 aromatic rings. The van der Waals surface area contributed by atoms with Gasteiger partial charge >= 0.3 is 12.1 Å². The largest absolute Gasteiger partial charge is 0.454 e. The highest BCUT2D eigenvalue weighted by molar-refractivity contribution is 5.99. The zero-order chi connectivity index (χ0) is 20.3. The summed E-state index contributed by atoms with van der Waals surface area (Å²) >= 11 is 0. The predicted molar refractivity (Wildman–Crippen MR) is 92.2 cm³/mol. The van der Waals surface area contributed by atoms with Crippen molar-refractivity contribution in [3.8, 4) is 5.82 Å². The van der Waals surface area contributed by atoms with Crippen LogP contribution in [0.3, 0.4) is 0 Å². The molecular formula is C19H14F3N3O3. The van der Waals surface area contributed by atoms with Gasteiger partial charge in [0.2, 0.25) is 0 Å². The van der Waals surface area contributed by atoms with Crippen molar-refractivity contribution in [3.05, 3.63) is 77.2 Å². The molecule has 2 aromatic heterocycles. The number of aromatic nitrogens is 3. The van der Waals surface area contributed by atoms with Crippen molar-refractivity contribution >= 4 is 11.8 Å². The highest BCUT2D eigenvalue weighted by Crippen LogP contribution is 2.28. The molecule has 0 spiro atoms. The third kappa shape index (κ3) is 4.08. The Hall–Kier alpha value is -3.49. The Kier molecular flexibility index (Phi) is 5.25. The van der Waals surface area contributed by atoms with Crippen molar-refractivity contribution in [2.24, 2.45) is 0 Å². The van der Waals surface area contributed by atoms with Crippen LogP contribution in [0.4, 0.5) is 13.2 Å². The van der Waals surface area contributed by atoms with E-state index in [0.717, 1.165) is 12.1 Å². The number of carbonyl (C=O) groups excluding carboxylic acids is 2. The van der Waals surface area contributed by atoms with Gasteiger partial charge in [0, 0.05) is 11.8 Å². The van der Waals surface area contributed by atoms with Crippen molar-refractivity contribution < 1.29 is 27.5 Å². The molecule has 0 saturated carbocycles. The number of benzene rings is 1. The summed E-state index contributed by atoms with van der Waals surface area (Å²) in [5.74, 6) is -1.01. The summed E-state index contributed by atoms with van der Waals surface area (Å²) in [6, 6.07) is 10.4. The molecule has 1 aromatic carbocycles. The number of nitrogens with zero attached hydrogens (tertiary/aromatic N) is 3. The molecule has 144 valence electrons. The lowest BCUT2D eigenvalue weighted by Crippen LogP contribution is -2.15. The van der Waals surface area contributed by atoms with E-state index in [0.29, 0.717) is 17.5 Å². The molecule has 0 saturated heterocycles. The van der Waals surface area contributed by atoms with Gasteiger partial charge in [0.15, 0.2) is 18.2 Å². The van der Waals surface area contributed by atoms with Gasteiger partial charge in [-0.2, -0.15) is 18.3 Å². The molecule has 3 rings (SSSR count). The molecule has 0 fully saturated rings. The summed E-state index contributed by atoms with van der Waals surface area (Å²) < 4.78 is 44.1. The molecule has 0 bridgehead atoms. The first-order chi connectivity index (χ1) is 13.3. The Labute approximate surface area is 157 Å². The van der Waals surface area contributed by atoms with Crippen LogP contribution in [-0.4, -0.2) is 33.1 Å². The number of rotatable bonds is 5. The molecular weight excluding hydrogens is 375 g/mol. The summed E-state index contributed by atoms with van der Waals surface area (Å²) in [5, 5.41) is 3.97. The van der Waals surface area contributed by atoms with E-state index >= 15 is 0 Å². The molecule has 0 aliphatic heterocycles. The number of Topliss-reactive ketones (excluding diaryl/α,β-unsaturated/α-hetero) is 1. The van der Waals surface area contributed by atoms with Crippen molar-refractivity contribution in [1.29, 1.82) is 0 Å². The maximum atomic E-state index is 12.6. The molecule has 2 heterocycles. The van der Waals surface area contributed by atoms with E-state index in [1.165, 1.54) is 10.9 Å². The monoisotopic (exact) mass is 389 g/mol. The van der Waals surface area contributed by atoms with Gasteiger partial charge < -0.3 is 4.74 Å². The van der Waals surface area contributed by atoms with Gasteiger partial charge in [-0.25, -0.2) is 14.5 Å². The SMILES string of the molecule is Cc1c(C(=O)OCC(=O)c2ccccc2)cnn1-c1ccc(C(F)(F)F)cn1. The zero-order valence-electron chi connectivity index (χ0n) is 14.6. The van der Waals surface area contributed by atoms with Crippen LogP contribution in [0, 0.1) is 6.92 Å². The van der Waals surface area contributed by atoms with Gasteiger partial charge in [0.1, 0.15) is 5.56 Å². The number of halogens is 3. The van der Waals surface area contributed by atoms with E-state index in [1.807, 2.05) is 0 Å². The van der Waals surface area contributed by atoms with Crippen LogP contribution in [0.5, 0.6) is 0 Å². The van der Waals surface area contributed by atoms with Crippen LogP contribution in [-0.2, 0) is 10.9 Å². The minimum absolute atomic E-state index is 0.0857. The van der Waals surface area contributed by atoms with Gasteiger partial charge in [-0.1, -0.05) is 30.3 Å². The molecule has 0 atom stereocenters. The molecule has 0 aliphatic carbocycles. The molecule has 6 nitrogen and oxygen atoms in total. The number of alkyl halides is 3. The second-order valence-electron chi connectivity index (χ2n) is 5.82. The van der Waals surface area contributed by atoms with Crippen LogP contribution >= 0.6 is 0 Å². The highest BCUT2D eigenvalue weighted by Gasteiger charge is 2.31. The molecule has 0 amide bonds. The fourth-order valence-electron chi connectivity index (χ4n) is 2.44. The fourth-order valence-corrected chi connectivity index (χ4v) is 2.44. The van der Waals surface area contributed by atoms with E-state index in [1.54, 1.807) is 37.3 Å². The van der Waals surface area contributed by atoms with Crippen molar-refractivity contribution in [1.82, 2.24) is 14.8 Å². The predicted octanol–water partition coefficient (Wildman–Crippen LogP) is 3.63. The summed E-state index contributed by atoms with van der Waals surface area (Å²) in [7, 11) is 0. The van der Waals surface area contributed by atoms with Crippen molar-refractivity contribution in [2.45, 2.75) is 13.1 Å². The van der Waals surface area contributed by atoms with Crippen LogP contribution in [0.25, 0.3) is 5.82 Å². The summed E-state index contributed by atoms with van der Waals surface area (Å²) in [6.45, 7) is 1.11. The minimum atomic E-state index is -4.50. The van der Waals surface area contributed by atoms with E-state index in [9.17, 15) is 22.8 Å². The van der Waals surface area contributed by atoms with E-state index in [-0.39, 0.29) is 17.2 Å². The highest BCUT2D eigenvalue weighted by atomic mass is 19.4. The maximum Gasteiger partial charge on any atom is 0.417 e. The van der Waals surface area contributed by atoms with Gasteiger partial charge in [-0.3, -0.25) is 4.79 Å². The normalized spacial score (nSPS) is 11.3. The number of ketones is 1.